The minimum Gasteiger partial charge on any atom is -0.493 e. The van der Waals surface area contributed by atoms with Crippen molar-refractivity contribution in [1.29, 1.82) is 0 Å². The van der Waals surface area contributed by atoms with E-state index in [0.717, 1.165) is 17.3 Å². The minimum atomic E-state index is -4.75. The van der Waals surface area contributed by atoms with E-state index in [1.807, 2.05) is 0 Å². The molecule has 0 saturated carbocycles. The zero-order chi connectivity index (χ0) is 22.4. The number of rotatable bonds is 9. The van der Waals surface area contributed by atoms with E-state index in [0.29, 0.717) is 24.2 Å². The van der Waals surface area contributed by atoms with E-state index in [-0.39, 0.29) is 36.0 Å². The van der Waals surface area contributed by atoms with Crippen molar-refractivity contribution in [3.8, 4) is 11.5 Å². The van der Waals surface area contributed by atoms with Gasteiger partial charge >= 0.3 is 6.36 Å². The lowest BCUT2D eigenvalue weighted by Crippen LogP contribution is -2.25. The molecule has 3 rings (SSSR count). The number of imide groups is 1. The molecule has 2 aromatic rings. The van der Waals surface area contributed by atoms with E-state index >= 15 is 0 Å². The third-order valence-electron chi connectivity index (χ3n) is 4.63. The van der Waals surface area contributed by atoms with Gasteiger partial charge in [0.05, 0.1) is 11.9 Å². The summed E-state index contributed by atoms with van der Waals surface area (Å²) in [6.45, 7) is 0.113. The molecule has 31 heavy (non-hydrogen) atoms. The Morgan fingerprint density at radius 3 is 2.23 bits per heavy atom. The second-order valence-corrected chi connectivity index (χ2v) is 8.04. The Labute approximate surface area is 180 Å². The van der Waals surface area contributed by atoms with Crippen molar-refractivity contribution in [1.82, 2.24) is 5.32 Å². The fourth-order valence-electron chi connectivity index (χ4n) is 3.10. The Balaban J connectivity index is 1.57. The Kier molecular flexibility index (Phi) is 7.45. The Morgan fingerprint density at radius 2 is 1.68 bits per heavy atom. The number of carbonyl (C=O) groups excluding carboxylic acids is 2. The molecule has 2 amide bonds. The van der Waals surface area contributed by atoms with Crippen LogP contribution in [0.5, 0.6) is 11.5 Å². The molecule has 2 unspecified atom stereocenters. The number of alkyl halides is 3. The Bertz CT molecular complexity index is 903. The highest BCUT2D eigenvalue weighted by Crippen LogP contribution is 2.28. The molecule has 2 N–H and O–H groups in total. The minimum absolute atomic E-state index is 0.104. The zero-order valence-corrected chi connectivity index (χ0v) is 17.0. The summed E-state index contributed by atoms with van der Waals surface area (Å²) in [5.41, 5.74) is 1.59. The monoisotopic (exact) mass is 455 g/mol. The van der Waals surface area contributed by atoms with Crippen LogP contribution in [0.15, 0.2) is 48.5 Å². The van der Waals surface area contributed by atoms with Gasteiger partial charge in [-0.3, -0.25) is 14.9 Å². The normalized spacial score (nSPS) is 17.4. The summed E-state index contributed by atoms with van der Waals surface area (Å²) in [6.07, 6.45) is -3.96. The lowest BCUT2D eigenvalue weighted by Gasteiger charge is -2.18. The van der Waals surface area contributed by atoms with Crippen molar-refractivity contribution in [2.24, 2.45) is 0 Å². The van der Waals surface area contributed by atoms with Crippen LogP contribution in [0.25, 0.3) is 0 Å². The number of aliphatic hydroxyl groups is 1. The molecular formula is C21H20F3NO5S. The van der Waals surface area contributed by atoms with Gasteiger partial charge < -0.3 is 14.6 Å². The van der Waals surface area contributed by atoms with Crippen LogP contribution in [-0.4, -0.2) is 41.1 Å². The van der Waals surface area contributed by atoms with Crippen molar-refractivity contribution in [3.63, 3.8) is 0 Å². The molecule has 0 radical (unpaired) electrons. The quantitative estimate of drug-likeness (QED) is 0.594. The lowest BCUT2D eigenvalue weighted by atomic mass is 9.97. The third kappa shape index (κ3) is 6.90. The van der Waals surface area contributed by atoms with Crippen LogP contribution < -0.4 is 14.8 Å². The third-order valence-corrected chi connectivity index (χ3v) is 5.61. The highest BCUT2D eigenvalue weighted by Gasteiger charge is 2.32. The molecule has 6 nitrogen and oxygen atoms in total. The van der Waals surface area contributed by atoms with E-state index < -0.39 is 11.6 Å². The largest absolute Gasteiger partial charge is 0.573 e. The summed E-state index contributed by atoms with van der Waals surface area (Å²) in [6, 6.07) is 12.6. The van der Waals surface area contributed by atoms with E-state index in [2.05, 4.69) is 10.1 Å². The van der Waals surface area contributed by atoms with Gasteiger partial charge in [0.2, 0.25) is 5.91 Å². The average Bonchev–Trinajstić information content (AvgIpc) is 3.02. The van der Waals surface area contributed by atoms with Crippen LogP contribution in [0.2, 0.25) is 0 Å². The second-order valence-electron chi connectivity index (χ2n) is 6.87. The number of ether oxygens (including phenoxy) is 2. The maximum absolute atomic E-state index is 12.3. The first-order chi connectivity index (χ1) is 14.7. The first kappa shape index (κ1) is 23.0. The van der Waals surface area contributed by atoms with Gasteiger partial charge in [-0.2, -0.15) is 0 Å². The summed E-state index contributed by atoms with van der Waals surface area (Å²) in [7, 11) is 0. The van der Waals surface area contributed by atoms with Crippen LogP contribution in [0.4, 0.5) is 18.0 Å². The second kappa shape index (κ2) is 10.1. The predicted octanol–water partition coefficient (Wildman–Crippen LogP) is 4.02. The fourth-order valence-corrected chi connectivity index (χ4v) is 3.96. The Morgan fingerprint density at radius 1 is 1.03 bits per heavy atom. The highest BCUT2D eigenvalue weighted by molar-refractivity contribution is 8.15. The molecule has 1 fully saturated rings. The number of thioether (sulfide) groups is 1. The molecule has 1 saturated heterocycles. The van der Waals surface area contributed by atoms with Gasteiger partial charge in [-0.05, 0) is 48.2 Å². The number of amides is 2. The smallest absolute Gasteiger partial charge is 0.493 e. The number of nitrogens with one attached hydrogen (secondary N) is 1. The van der Waals surface area contributed by atoms with Gasteiger partial charge in [0.15, 0.2) is 0 Å². The van der Waals surface area contributed by atoms with Gasteiger partial charge in [0.1, 0.15) is 11.5 Å². The summed E-state index contributed by atoms with van der Waals surface area (Å²) in [4.78, 5) is 22.9. The Hall–Kier alpha value is -2.72. The topological polar surface area (TPSA) is 84.9 Å². The SMILES string of the molecule is O=C1NC(=O)C(Cc2ccc(OCC(CCO)c3ccc(OC(F)(F)F)cc3)cc2)S1. The van der Waals surface area contributed by atoms with Crippen LogP contribution in [0.1, 0.15) is 23.5 Å². The molecule has 1 aliphatic rings. The van der Waals surface area contributed by atoms with Crippen LogP contribution in [-0.2, 0) is 11.2 Å². The number of hydrogen-bond acceptors (Lipinski definition) is 6. The first-order valence-corrected chi connectivity index (χ1v) is 10.3. The molecule has 2 aromatic carbocycles. The number of halogens is 3. The average molecular weight is 455 g/mol. The highest BCUT2D eigenvalue weighted by atomic mass is 32.2. The lowest BCUT2D eigenvalue weighted by molar-refractivity contribution is -0.274. The number of carbonyl (C=O) groups is 2. The molecule has 166 valence electrons. The van der Waals surface area contributed by atoms with Gasteiger partial charge in [0, 0.05) is 12.5 Å². The standard InChI is InChI=1S/C21H20F3NO5S/c22-21(23,24)30-17-7-3-14(4-8-17)15(9-10-26)12-29-16-5-1-13(2-6-16)11-18-19(27)25-20(28)31-18/h1-8,15,18,26H,9-12H2,(H,25,27,28). The van der Waals surface area contributed by atoms with Crippen LogP contribution in [0, 0.1) is 0 Å². The van der Waals surface area contributed by atoms with Crippen molar-refractivity contribution in [2.45, 2.75) is 30.4 Å². The molecular weight excluding hydrogens is 435 g/mol. The maximum atomic E-state index is 12.3. The molecule has 10 heteroatoms. The number of hydrogen-bond donors (Lipinski definition) is 2. The van der Waals surface area contributed by atoms with Gasteiger partial charge in [-0.1, -0.05) is 36.0 Å². The van der Waals surface area contributed by atoms with Crippen molar-refractivity contribution in [2.75, 3.05) is 13.2 Å². The van der Waals surface area contributed by atoms with E-state index in [4.69, 9.17) is 4.74 Å². The van der Waals surface area contributed by atoms with E-state index in [1.54, 1.807) is 24.3 Å². The molecule has 0 aromatic heterocycles. The summed E-state index contributed by atoms with van der Waals surface area (Å²) in [5, 5.41) is 10.8. The van der Waals surface area contributed by atoms with Crippen LogP contribution >= 0.6 is 11.8 Å². The van der Waals surface area contributed by atoms with Crippen molar-refractivity contribution in [3.05, 3.63) is 59.7 Å². The predicted molar refractivity (Wildman–Crippen MR) is 108 cm³/mol. The van der Waals surface area contributed by atoms with Gasteiger partial charge in [-0.15, -0.1) is 13.2 Å². The molecule has 1 aliphatic heterocycles. The summed E-state index contributed by atoms with van der Waals surface area (Å²) >= 11 is 0.968. The first-order valence-electron chi connectivity index (χ1n) is 9.43. The van der Waals surface area contributed by atoms with Crippen molar-refractivity contribution < 1.29 is 37.3 Å². The van der Waals surface area contributed by atoms with Crippen LogP contribution in [0.3, 0.4) is 0 Å². The summed E-state index contributed by atoms with van der Waals surface area (Å²) < 4.78 is 46.5. The fraction of sp³-hybridized carbons (Fsp3) is 0.333. The molecule has 2 atom stereocenters. The summed E-state index contributed by atoms with van der Waals surface area (Å²) in [5.74, 6) is -0.266. The molecule has 0 spiro atoms. The van der Waals surface area contributed by atoms with Gasteiger partial charge in [-0.25, -0.2) is 0 Å². The van der Waals surface area contributed by atoms with Gasteiger partial charge in [0.25, 0.3) is 5.24 Å². The molecule has 0 bridgehead atoms. The molecule has 0 aliphatic carbocycles. The van der Waals surface area contributed by atoms with E-state index in [1.165, 1.54) is 24.3 Å². The number of benzene rings is 2. The number of aliphatic hydroxyl groups excluding tert-OH is 1. The maximum Gasteiger partial charge on any atom is 0.573 e. The van der Waals surface area contributed by atoms with Crippen molar-refractivity contribution >= 4 is 22.9 Å². The molecule has 1 heterocycles. The zero-order valence-electron chi connectivity index (χ0n) is 16.2. The van der Waals surface area contributed by atoms with E-state index in [9.17, 15) is 27.9 Å².